The van der Waals surface area contributed by atoms with Gasteiger partial charge in [0.05, 0.1) is 11.0 Å². The Balaban J connectivity index is 1.47. The molecule has 0 aliphatic carbocycles. The van der Waals surface area contributed by atoms with Gasteiger partial charge in [-0.3, -0.25) is 0 Å². The van der Waals surface area contributed by atoms with Gasteiger partial charge < -0.3 is 8.98 Å². The highest BCUT2D eigenvalue weighted by atomic mass is 16.3. The molecule has 0 bridgehead atoms. The molecule has 5 heteroatoms. The van der Waals surface area contributed by atoms with Gasteiger partial charge in [-0.2, -0.15) is 0 Å². The van der Waals surface area contributed by atoms with Gasteiger partial charge in [0.2, 0.25) is 0 Å². The van der Waals surface area contributed by atoms with Crippen LogP contribution in [0.4, 0.5) is 0 Å². The van der Waals surface area contributed by atoms with Crippen molar-refractivity contribution in [3.05, 3.63) is 146 Å². The fraction of sp³-hybridized carbons (Fsp3) is 0. The van der Waals surface area contributed by atoms with Gasteiger partial charge in [0, 0.05) is 43.9 Å². The van der Waals surface area contributed by atoms with Crippen LogP contribution in [0.2, 0.25) is 0 Å². The second-order valence-electron chi connectivity index (χ2n) is 10.8. The van der Waals surface area contributed by atoms with E-state index in [2.05, 4.69) is 71.3 Å². The molecule has 0 N–H and O–H groups in total. The predicted molar refractivity (Wildman–Crippen MR) is 178 cm³/mol. The number of aromatic nitrogens is 4. The van der Waals surface area contributed by atoms with Gasteiger partial charge in [0.15, 0.2) is 23.1 Å². The highest BCUT2D eigenvalue weighted by molar-refractivity contribution is 6.26. The van der Waals surface area contributed by atoms with Crippen molar-refractivity contribution < 1.29 is 4.42 Å². The number of nitrogens with zero attached hydrogens (tertiary/aromatic N) is 4. The van der Waals surface area contributed by atoms with Gasteiger partial charge in [0.25, 0.3) is 0 Å². The molecular formula is C39H24N4O. The summed E-state index contributed by atoms with van der Waals surface area (Å²) in [6, 6.07) is 49.6. The zero-order valence-electron chi connectivity index (χ0n) is 23.6. The molecule has 206 valence electrons. The zero-order chi connectivity index (χ0) is 29.0. The Labute approximate surface area is 252 Å². The number of hydrogen-bond acceptors (Lipinski definition) is 4. The Morgan fingerprint density at radius 1 is 0.477 bits per heavy atom. The molecule has 9 rings (SSSR count). The number of para-hydroxylation sites is 3. The molecule has 0 unspecified atom stereocenters. The third kappa shape index (κ3) is 3.76. The molecule has 0 aliphatic heterocycles. The maximum absolute atomic E-state index is 6.66. The summed E-state index contributed by atoms with van der Waals surface area (Å²) in [5.74, 6) is 1.88. The van der Waals surface area contributed by atoms with Crippen LogP contribution in [-0.4, -0.2) is 19.5 Å². The molecule has 0 aliphatic rings. The van der Waals surface area contributed by atoms with Gasteiger partial charge >= 0.3 is 0 Å². The van der Waals surface area contributed by atoms with E-state index < -0.39 is 0 Å². The first-order valence-corrected chi connectivity index (χ1v) is 14.6. The van der Waals surface area contributed by atoms with Crippen LogP contribution in [-0.2, 0) is 0 Å². The lowest BCUT2D eigenvalue weighted by Gasteiger charge is -2.11. The highest BCUT2D eigenvalue weighted by Gasteiger charge is 2.24. The Morgan fingerprint density at radius 2 is 1.02 bits per heavy atom. The van der Waals surface area contributed by atoms with E-state index in [1.807, 2.05) is 78.9 Å². The normalized spacial score (nSPS) is 11.6. The molecule has 3 heterocycles. The molecule has 0 fully saturated rings. The van der Waals surface area contributed by atoms with Crippen LogP contribution in [0, 0.1) is 0 Å². The summed E-state index contributed by atoms with van der Waals surface area (Å²) in [5, 5.41) is 4.22. The first-order chi connectivity index (χ1) is 21.8. The van der Waals surface area contributed by atoms with Crippen LogP contribution in [0.15, 0.2) is 150 Å². The maximum Gasteiger partial charge on any atom is 0.164 e. The van der Waals surface area contributed by atoms with Crippen LogP contribution in [0.3, 0.4) is 0 Å². The Hall–Kier alpha value is -6.07. The minimum Gasteiger partial charge on any atom is -0.454 e. The standard InChI is InChI=1S/C39H24N4O/c1-4-14-25(15-5-1)37-40-38(26-16-6-2-7-17-26)42-39(41-37)31-24-30-28-20-11-13-23-33(28)44-36(30)35-34(31)29-21-10-12-22-32(29)43(35)27-18-8-3-9-19-27/h1-24H. The predicted octanol–water partition coefficient (Wildman–Crippen LogP) is 9.87. The van der Waals surface area contributed by atoms with Crippen molar-refractivity contribution in [1.82, 2.24) is 19.5 Å². The Morgan fingerprint density at radius 3 is 1.70 bits per heavy atom. The maximum atomic E-state index is 6.66. The first-order valence-electron chi connectivity index (χ1n) is 14.6. The second kappa shape index (κ2) is 9.75. The van der Waals surface area contributed by atoms with E-state index in [-0.39, 0.29) is 0 Å². The van der Waals surface area contributed by atoms with E-state index in [1.54, 1.807) is 0 Å². The number of fused-ring (bicyclic) bond motifs is 7. The molecule has 0 amide bonds. The van der Waals surface area contributed by atoms with Gasteiger partial charge in [-0.15, -0.1) is 0 Å². The molecule has 6 aromatic carbocycles. The van der Waals surface area contributed by atoms with Crippen molar-refractivity contribution in [1.29, 1.82) is 0 Å². The quantitative estimate of drug-likeness (QED) is 0.213. The monoisotopic (exact) mass is 564 g/mol. The summed E-state index contributed by atoms with van der Waals surface area (Å²) in [5.41, 5.74) is 7.62. The summed E-state index contributed by atoms with van der Waals surface area (Å²) < 4.78 is 8.96. The van der Waals surface area contributed by atoms with E-state index in [0.29, 0.717) is 17.5 Å². The lowest BCUT2D eigenvalue weighted by Crippen LogP contribution is -2.00. The highest BCUT2D eigenvalue weighted by Crippen LogP contribution is 2.45. The van der Waals surface area contributed by atoms with Gasteiger partial charge in [-0.05, 0) is 30.3 Å². The molecule has 44 heavy (non-hydrogen) atoms. The molecule has 3 aromatic heterocycles. The molecule has 5 nitrogen and oxygen atoms in total. The lowest BCUT2D eigenvalue weighted by molar-refractivity contribution is 0.671. The number of rotatable bonds is 4. The average Bonchev–Trinajstić information content (AvgIpc) is 3.65. The minimum atomic E-state index is 0.617. The van der Waals surface area contributed by atoms with Crippen molar-refractivity contribution in [2.24, 2.45) is 0 Å². The van der Waals surface area contributed by atoms with E-state index in [1.165, 1.54) is 0 Å². The topological polar surface area (TPSA) is 56.7 Å². The molecule has 0 saturated heterocycles. The largest absolute Gasteiger partial charge is 0.454 e. The third-order valence-corrected chi connectivity index (χ3v) is 8.24. The van der Waals surface area contributed by atoms with Crippen molar-refractivity contribution in [3.63, 3.8) is 0 Å². The minimum absolute atomic E-state index is 0.617. The van der Waals surface area contributed by atoms with Crippen LogP contribution in [0.1, 0.15) is 0 Å². The van der Waals surface area contributed by atoms with Crippen molar-refractivity contribution in [3.8, 4) is 39.9 Å². The van der Waals surface area contributed by atoms with E-state index in [9.17, 15) is 0 Å². The third-order valence-electron chi connectivity index (χ3n) is 8.24. The van der Waals surface area contributed by atoms with Crippen LogP contribution < -0.4 is 0 Å². The summed E-state index contributed by atoms with van der Waals surface area (Å²) >= 11 is 0. The van der Waals surface area contributed by atoms with E-state index in [4.69, 9.17) is 19.4 Å². The summed E-state index contributed by atoms with van der Waals surface area (Å²) in [6.07, 6.45) is 0. The summed E-state index contributed by atoms with van der Waals surface area (Å²) in [6.45, 7) is 0. The zero-order valence-corrected chi connectivity index (χ0v) is 23.6. The number of hydrogen-bond donors (Lipinski definition) is 0. The van der Waals surface area contributed by atoms with Gasteiger partial charge in [-0.25, -0.2) is 15.0 Å². The molecule has 0 radical (unpaired) electrons. The Bertz CT molecular complexity index is 2420. The van der Waals surface area contributed by atoms with E-state index in [0.717, 1.165) is 66.1 Å². The molecule has 9 aromatic rings. The Kier molecular flexibility index (Phi) is 5.43. The number of furan rings is 1. The SMILES string of the molecule is c1ccc(-c2nc(-c3ccccc3)nc(-c3cc4c5ccccc5oc4c4c3c3ccccc3n4-c3ccccc3)n2)cc1. The molecule has 0 atom stereocenters. The average molecular weight is 565 g/mol. The van der Waals surface area contributed by atoms with Gasteiger partial charge in [-0.1, -0.05) is 115 Å². The van der Waals surface area contributed by atoms with Crippen molar-refractivity contribution >= 4 is 43.7 Å². The van der Waals surface area contributed by atoms with E-state index >= 15 is 0 Å². The fourth-order valence-electron chi connectivity index (χ4n) is 6.28. The number of benzene rings is 6. The van der Waals surface area contributed by atoms with Crippen LogP contribution in [0.5, 0.6) is 0 Å². The van der Waals surface area contributed by atoms with Crippen molar-refractivity contribution in [2.75, 3.05) is 0 Å². The molecular weight excluding hydrogens is 540 g/mol. The van der Waals surface area contributed by atoms with Gasteiger partial charge in [0.1, 0.15) is 5.58 Å². The summed E-state index contributed by atoms with van der Waals surface area (Å²) in [4.78, 5) is 15.2. The van der Waals surface area contributed by atoms with Crippen LogP contribution >= 0.6 is 0 Å². The lowest BCUT2D eigenvalue weighted by atomic mass is 10.0. The fourth-order valence-corrected chi connectivity index (χ4v) is 6.28. The molecule has 0 spiro atoms. The molecule has 0 saturated carbocycles. The van der Waals surface area contributed by atoms with Crippen molar-refractivity contribution in [2.45, 2.75) is 0 Å². The van der Waals surface area contributed by atoms with Crippen LogP contribution in [0.25, 0.3) is 83.6 Å². The summed E-state index contributed by atoms with van der Waals surface area (Å²) in [7, 11) is 0. The first kappa shape index (κ1) is 24.5. The smallest absolute Gasteiger partial charge is 0.164 e. The second-order valence-corrected chi connectivity index (χ2v) is 10.8.